The van der Waals surface area contributed by atoms with E-state index in [2.05, 4.69) is 37.4 Å². The molecule has 0 fully saturated rings. The van der Waals surface area contributed by atoms with Crippen LogP contribution in [0.15, 0.2) is 12.4 Å². The van der Waals surface area contributed by atoms with Gasteiger partial charge < -0.3 is 5.32 Å². The van der Waals surface area contributed by atoms with Crippen LogP contribution in [0.3, 0.4) is 0 Å². The second-order valence-corrected chi connectivity index (χ2v) is 4.49. The fourth-order valence-electron chi connectivity index (χ4n) is 1.45. The molecule has 0 amide bonds. The average Bonchev–Trinajstić information content (AvgIpc) is 2.62. The summed E-state index contributed by atoms with van der Waals surface area (Å²) in [5.74, 6) is 0.708. The summed E-state index contributed by atoms with van der Waals surface area (Å²) in [5, 5.41) is 7.75. The van der Waals surface area contributed by atoms with Crippen molar-refractivity contribution in [2.75, 3.05) is 6.54 Å². The molecule has 0 atom stereocenters. The summed E-state index contributed by atoms with van der Waals surface area (Å²) >= 11 is 0. The molecule has 3 heteroatoms. The minimum absolute atomic E-state index is 0.708. The van der Waals surface area contributed by atoms with Gasteiger partial charge in [0.25, 0.3) is 0 Å². The second kappa shape index (κ2) is 6.62. The zero-order valence-corrected chi connectivity index (χ0v) is 10.2. The fraction of sp³-hybridized carbons (Fsp3) is 0.750. The molecule has 1 aromatic heterocycles. The van der Waals surface area contributed by atoms with Crippen LogP contribution in [-0.4, -0.2) is 16.3 Å². The molecule has 1 rings (SSSR count). The van der Waals surface area contributed by atoms with Crippen LogP contribution in [0.1, 0.15) is 39.2 Å². The van der Waals surface area contributed by atoms with Crippen LogP contribution in [0.5, 0.6) is 0 Å². The van der Waals surface area contributed by atoms with Gasteiger partial charge in [-0.05, 0) is 18.9 Å². The standard InChI is InChI=1S/C12H23N3/c1-4-5-6-15-10-12(9-14-15)8-13-7-11(2)3/h9-11,13H,4-8H2,1-3H3. The van der Waals surface area contributed by atoms with Crippen LogP contribution in [0, 0.1) is 5.92 Å². The molecule has 86 valence electrons. The van der Waals surface area contributed by atoms with Gasteiger partial charge in [0.1, 0.15) is 0 Å². The lowest BCUT2D eigenvalue weighted by Crippen LogP contribution is -2.18. The van der Waals surface area contributed by atoms with Crippen molar-refractivity contribution in [1.82, 2.24) is 15.1 Å². The van der Waals surface area contributed by atoms with Crippen molar-refractivity contribution in [3.8, 4) is 0 Å². The first kappa shape index (κ1) is 12.2. The van der Waals surface area contributed by atoms with E-state index in [0.29, 0.717) is 5.92 Å². The highest BCUT2D eigenvalue weighted by molar-refractivity contribution is 5.03. The third-order valence-electron chi connectivity index (χ3n) is 2.31. The molecule has 15 heavy (non-hydrogen) atoms. The van der Waals surface area contributed by atoms with Crippen molar-refractivity contribution in [2.45, 2.75) is 46.7 Å². The Bertz CT molecular complexity index is 266. The van der Waals surface area contributed by atoms with E-state index in [0.717, 1.165) is 19.6 Å². The van der Waals surface area contributed by atoms with Crippen molar-refractivity contribution >= 4 is 0 Å². The normalized spacial score (nSPS) is 11.2. The summed E-state index contributed by atoms with van der Waals surface area (Å²) in [7, 11) is 0. The number of unbranched alkanes of at least 4 members (excludes halogenated alkanes) is 1. The van der Waals surface area contributed by atoms with Gasteiger partial charge in [0.15, 0.2) is 0 Å². The molecule has 1 heterocycles. The molecule has 0 radical (unpaired) electrons. The Kier molecular flexibility index (Phi) is 5.40. The van der Waals surface area contributed by atoms with E-state index in [1.165, 1.54) is 18.4 Å². The number of aromatic nitrogens is 2. The first-order valence-electron chi connectivity index (χ1n) is 5.94. The topological polar surface area (TPSA) is 29.9 Å². The summed E-state index contributed by atoms with van der Waals surface area (Å²) in [6, 6.07) is 0. The molecule has 0 aliphatic rings. The number of hydrogen-bond acceptors (Lipinski definition) is 2. The quantitative estimate of drug-likeness (QED) is 0.747. The largest absolute Gasteiger partial charge is 0.312 e. The Morgan fingerprint density at radius 3 is 2.93 bits per heavy atom. The predicted octanol–water partition coefficient (Wildman–Crippen LogP) is 2.43. The van der Waals surface area contributed by atoms with E-state index in [4.69, 9.17) is 0 Å². The Labute approximate surface area is 92.9 Å². The van der Waals surface area contributed by atoms with Crippen LogP contribution in [0.2, 0.25) is 0 Å². The Morgan fingerprint density at radius 1 is 1.47 bits per heavy atom. The first-order chi connectivity index (χ1) is 7.22. The second-order valence-electron chi connectivity index (χ2n) is 4.49. The molecule has 0 saturated carbocycles. The van der Waals surface area contributed by atoms with Gasteiger partial charge in [-0.2, -0.15) is 5.10 Å². The molecule has 0 aliphatic carbocycles. The number of nitrogens with zero attached hydrogens (tertiary/aromatic N) is 2. The van der Waals surface area contributed by atoms with Crippen molar-refractivity contribution < 1.29 is 0 Å². The zero-order chi connectivity index (χ0) is 11.1. The molecule has 1 N–H and O–H groups in total. The summed E-state index contributed by atoms with van der Waals surface area (Å²) in [6.45, 7) is 9.69. The highest BCUT2D eigenvalue weighted by Gasteiger charge is 1.98. The molecular formula is C12H23N3. The van der Waals surface area contributed by atoms with Gasteiger partial charge in [-0.3, -0.25) is 4.68 Å². The highest BCUT2D eigenvalue weighted by Crippen LogP contribution is 2.00. The molecule has 0 bridgehead atoms. The van der Waals surface area contributed by atoms with Gasteiger partial charge in [0.2, 0.25) is 0 Å². The number of hydrogen-bond donors (Lipinski definition) is 1. The molecular weight excluding hydrogens is 186 g/mol. The first-order valence-corrected chi connectivity index (χ1v) is 5.94. The summed E-state index contributed by atoms with van der Waals surface area (Å²) in [4.78, 5) is 0. The minimum atomic E-state index is 0.708. The Hall–Kier alpha value is -0.830. The minimum Gasteiger partial charge on any atom is -0.312 e. The lowest BCUT2D eigenvalue weighted by Gasteiger charge is -2.05. The predicted molar refractivity (Wildman–Crippen MR) is 63.7 cm³/mol. The molecule has 0 aromatic carbocycles. The van der Waals surface area contributed by atoms with E-state index in [1.807, 2.05) is 10.9 Å². The summed E-state index contributed by atoms with van der Waals surface area (Å²) < 4.78 is 2.04. The fourth-order valence-corrected chi connectivity index (χ4v) is 1.45. The van der Waals surface area contributed by atoms with E-state index in [-0.39, 0.29) is 0 Å². The third kappa shape index (κ3) is 4.98. The highest BCUT2D eigenvalue weighted by atomic mass is 15.3. The van der Waals surface area contributed by atoms with Crippen LogP contribution in [0.25, 0.3) is 0 Å². The number of rotatable bonds is 7. The van der Waals surface area contributed by atoms with Crippen molar-refractivity contribution in [3.63, 3.8) is 0 Å². The van der Waals surface area contributed by atoms with Crippen molar-refractivity contribution in [2.24, 2.45) is 5.92 Å². The van der Waals surface area contributed by atoms with E-state index in [9.17, 15) is 0 Å². The van der Waals surface area contributed by atoms with Crippen LogP contribution < -0.4 is 5.32 Å². The lowest BCUT2D eigenvalue weighted by molar-refractivity contribution is 0.550. The van der Waals surface area contributed by atoms with Gasteiger partial charge in [0.05, 0.1) is 6.20 Å². The Balaban J connectivity index is 2.26. The van der Waals surface area contributed by atoms with E-state index < -0.39 is 0 Å². The van der Waals surface area contributed by atoms with Crippen LogP contribution in [-0.2, 0) is 13.1 Å². The molecule has 0 spiro atoms. The van der Waals surface area contributed by atoms with Crippen molar-refractivity contribution in [3.05, 3.63) is 18.0 Å². The smallest absolute Gasteiger partial charge is 0.0534 e. The van der Waals surface area contributed by atoms with Crippen LogP contribution >= 0.6 is 0 Å². The summed E-state index contributed by atoms with van der Waals surface area (Å²) in [5.41, 5.74) is 1.28. The van der Waals surface area contributed by atoms with Gasteiger partial charge in [-0.15, -0.1) is 0 Å². The zero-order valence-electron chi connectivity index (χ0n) is 10.2. The van der Waals surface area contributed by atoms with Gasteiger partial charge in [-0.25, -0.2) is 0 Å². The molecule has 1 aromatic rings. The third-order valence-corrected chi connectivity index (χ3v) is 2.31. The van der Waals surface area contributed by atoms with Gasteiger partial charge >= 0.3 is 0 Å². The van der Waals surface area contributed by atoms with Gasteiger partial charge in [-0.1, -0.05) is 27.2 Å². The number of aryl methyl sites for hydroxylation is 1. The Morgan fingerprint density at radius 2 is 2.27 bits per heavy atom. The molecule has 0 aliphatic heterocycles. The SMILES string of the molecule is CCCCn1cc(CNCC(C)C)cn1. The maximum Gasteiger partial charge on any atom is 0.0534 e. The average molecular weight is 209 g/mol. The summed E-state index contributed by atoms with van der Waals surface area (Å²) in [6.07, 6.45) is 6.54. The van der Waals surface area contributed by atoms with E-state index in [1.54, 1.807) is 0 Å². The molecule has 0 saturated heterocycles. The maximum atomic E-state index is 4.33. The van der Waals surface area contributed by atoms with Gasteiger partial charge in [0, 0.05) is 24.8 Å². The number of nitrogens with one attached hydrogen (secondary N) is 1. The van der Waals surface area contributed by atoms with Crippen molar-refractivity contribution in [1.29, 1.82) is 0 Å². The monoisotopic (exact) mass is 209 g/mol. The van der Waals surface area contributed by atoms with E-state index >= 15 is 0 Å². The maximum absolute atomic E-state index is 4.33. The van der Waals surface area contributed by atoms with Crippen LogP contribution in [0.4, 0.5) is 0 Å². The molecule has 0 unspecified atom stereocenters. The molecule has 3 nitrogen and oxygen atoms in total. The lowest BCUT2D eigenvalue weighted by atomic mass is 10.2.